The van der Waals surface area contributed by atoms with Crippen molar-refractivity contribution < 1.29 is 0 Å². The molecular weight excluding hydrogens is 380 g/mol. The standard InChI is InChI=1S/C19H21ClN6O2/c20-13-6-1-2-7-14(13)26-15-16(22-18(26)24-10-8-21-9-11-24)25(12-4-3-5-12)19(28)23-17(15)27/h1-2,6-7,12,21H,3-5,8-11H2,(H,23,27,28). The normalized spacial score (nSPS) is 17.8. The van der Waals surface area contributed by atoms with E-state index in [9.17, 15) is 9.59 Å². The highest BCUT2D eigenvalue weighted by atomic mass is 35.5. The number of imidazole rings is 1. The first-order valence-electron chi connectivity index (χ1n) is 9.63. The number of nitrogens with one attached hydrogen (secondary N) is 2. The Kier molecular flexibility index (Phi) is 4.25. The largest absolute Gasteiger partial charge is 0.339 e. The zero-order valence-corrected chi connectivity index (χ0v) is 16.1. The number of para-hydroxylation sites is 1. The summed E-state index contributed by atoms with van der Waals surface area (Å²) in [7, 11) is 0. The number of halogens is 1. The molecule has 1 saturated heterocycles. The first kappa shape index (κ1) is 17.5. The summed E-state index contributed by atoms with van der Waals surface area (Å²) in [5.74, 6) is 0.647. The van der Waals surface area contributed by atoms with Gasteiger partial charge in [-0.1, -0.05) is 23.7 Å². The van der Waals surface area contributed by atoms with Gasteiger partial charge in [-0.15, -0.1) is 0 Å². The van der Waals surface area contributed by atoms with Crippen LogP contribution in [0.4, 0.5) is 5.95 Å². The zero-order chi connectivity index (χ0) is 19.3. The van der Waals surface area contributed by atoms with E-state index in [1.807, 2.05) is 18.2 Å². The van der Waals surface area contributed by atoms with E-state index in [0.29, 0.717) is 27.8 Å². The van der Waals surface area contributed by atoms with Crippen LogP contribution in [0.3, 0.4) is 0 Å². The lowest BCUT2D eigenvalue weighted by Gasteiger charge is -2.29. The van der Waals surface area contributed by atoms with Gasteiger partial charge >= 0.3 is 5.69 Å². The molecule has 9 heteroatoms. The molecule has 146 valence electrons. The number of nitrogens with zero attached hydrogens (tertiary/aromatic N) is 4. The van der Waals surface area contributed by atoms with Crippen LogP contribution in [-0.2, 0) is 0 Å². The van der Waals surface area contributed by atoms with E-state index in [4.69, 9.17) is 16.6 Å². The van der Waals surface area contributed by atoms with Crippen LogP contribution in [0.1, 0.15) is 25.3 Å². The average Bonchev–Trinajstić information content (AvgIpc) is 3.05. The summed E-state index contributed by atoms with van der Waals surface area (Å²) in [5, 5.41) is 3.86. The van der Waals surface area contributed by atoms with E-state index in [2.05, 4.69) is 15.2 Å². The molecule has 0 amide bonds. The van der Waals surface area contributed by atoms with E-state index in [1.54, 1.807) is 15.2 Å². The summed E-state index contributed by atoms with van der Waals surface area (Å²) in [6.07, 6.45) is 2.92. The average molecular weight is 401 g/mol. The molecule has 3 aromatic rings. The fraction of sp³-hybridized carbons (Fsp3) is 0.421. The van der Waals surface area contributed by atoms with Crippen LogP contribution in [0.15, 0.2) is 33.9 Å². The van der Waals surface area contributed by atoms with Gasteiger partial charge in [0.1, 0.15) is 0 Å². The van der Waals surface area contributed by atoms with Gasteiger partial charge < -0.3 is 10.2 Å². The minimum atomic E-state index is -0.440. The Labute approximate surface area is 165 Å². The van der Waals surface area contributed by atoms with E-state index < -0.39 is 11.2 Å². The quantitative estimate of drug-likeness (QED) is 0.698. The van der Waals surface area contributed by atoms with Crippen molar-refractivity contribution in [3.05, 3.63) is 50.1 Å². The number of piperazine rings is 1. The third kappa shape index (κ3) is 2.67. The molecule has 1 aromatic carbocycles. The topological polar surface area (TPSA) is 87.9 Å². The molecular formula is C19H21ClN6O2. The maximum Gasteiger partial charge on any atom is 0.330 e. The summed E-state index contributed by atoms with van der Waals surface area (Å²) < 4.78 is 3.45. The second-order valence-corrected chi connectivity index (χ2v) is 7.73. The van der Waals surface area contributed by atoms with Crippen LogP contribution in [0.25, 0.3) is 16.9 Å². The predicted molar refractivity (Wildman–Crippen MR) is 109 cm³/mol. The monoisotopic (exact) mass is 400 g/mol. The first-order chi connectivity index (χ1) is 13.6. The van der Waals surface area contributed by atoms with Crippen molar-refractivity contribution in [1.29, 1.82) is 0 Å². The lowest BCUT2D eigenvalue weighted by Crippen LogP contribution is -2.44. The van der Waals surface area contributed by atoms with Gasteiger partial charge in [0.2, 0.25) is 5.95 Å². The van der Waals surface area contributed by atoms with Crippen LogP contribution in [0.5, 0.6) is 0 Å². The number of benzene rings is 1. The number of hydrogen-bond donors (Lipinski definition) is 2. The van der Waals surface area contributed by atoms with Crippen LogP contribution >= 0.6 is 11.6 Å². The van der Waals surface area contributed by atoms with Gasteiger partial charge in [0, 0.05) is 32.2 Å². The van der Waals surface area contributed by atoms with E-state index in [-0.39, 0.29) is 6.04 Å². The van der Waals surface area contributed by atoms with Gasteiger partial charge in [-0.3, -0.25) is 18.9 Å². The van der Waals surface area contributed by atoms with Crippen molar-refractivity contribution in [3.8, 4) is 5.69 Å². The second-order valence-electron chi connectivity index (χ2n) is 7.32. The Morgan fingerprint density at radius 3 is 2.54 bits per heavy atom. The molecule has 0 unspecified atom stereocenters. The molecule has 0 radical (unpaired) electrons. The van der Waals surface area contributed by atoms with Crippen molar-refractivity contribution in [2.45, 2.75) is 25.3 Å². The molecule has 2 aliphatic rings. The molecule has 0 spiro atoms. The Morgan fingerprint density at radius 2 is 1.86 bits per heavy atom. The smallest absolute Gasteiger partial charge is 0.330 e. The number of aromatic amines is 1. The van der Waals surface area contributed by atoms with Crippen molar-refractivity contribution in [3.63, 3.8) is 0 Å². The molecule has 5 rings (SSSR count). The number of hydrogen-bond acceptors (Lipinski definition) is 5. The molecule has 1 saturated carbocycles. The molecule has 2 fully saturated rings. The van der Waals surface area contributed by atoms with Gasteiger partial charge in [0.05, 0.1) is 10.7 Å². The van der Waals surface area contributed by atoms with Crippen LogP contribution in [0.2, 0.25) is 5.02 Å². The minimum absolute atomic E-state index is 0.0808. The van der Waals surface area contributed by atoms with E-state index in [0.717, 1.165) is 45.4 Å². The Morgan fingerprint density at radius 1 is 1.11 bits per heavy atom. The molecule has 1 aliphatic heterocycles. The Balaban J connectivity index is 1.85. The van der Waals surface area contributed by atoms with Crippen molar-refractivity contribution in [2.24, 2.45) is 0 Å². The van der Waals surface area contributed by atoms with Gasteiger partial charge in [0.25, 0.3) is 5.56 Å². The lowest BCUT2D eigenvalue weighted by molar-refractivity contribution is 0.310. The molecule has 8 nitrogen and oxygen atoms in total. The molecule has 0 atom stereocenters. The second kappa shape index (κ2) is 6.79. The Bertz CT molecular complexity index is 1150. The van der Waals surface area contributed by atoms with Crippen molar-refractivity contribution in [1.82, 2.24) is 24.4 Å². The third-order valence-corrected chi connectivity index (χ3v) is 5.98. The SMILES string of the molecule is O=c1[nH]c(=O)n(C2CCC2)c2nc(N3CCNCC3)n(-c3ccccc3Cl)c12. The number of fused-ring (bicyclic) bond motifs is 1. The van der Waals surface area contributed by atoms with Crippen molar-refractivity contribution >= 4 is 28.7 Å². The van der Waals surface area contributed by atoms with Gasteiger partial charge in [-0.2, -0.15) is 4.98 Å². The fourth-order valence-corrected chi connectivity index (χ4v) is 4.22. The summed E-state index contributed by atoms with van der Waals surface area (Å²) >= 11 is 6.49. The molecule has 2 aromatic heterocycles. The van der Waals surface area contributed by atoms with Crippen LogP contribution in [0, 0.1) is 0 Å². The van der Waals surface area contributed by atoms with E-state index >= 15 is 0 Å². The van der Waals surface area contributed by atoms with Crippen molar-refractivity contribution in [2.75, 3.05) is 31.1 Å². The highest BCUT2D eigenvalue weighted by Gasteiger charge is 2.29. The maximum absolute atomic E-state index is 12.9. The van der Waals surface area contributed by atoms with Crippen LogP contribution in [-0.4, -0.2) is 45.3 Å². The van der Waals surface area contributed by atoms with Gasteiger partial charge in [-0.25, -0.2) is 4.79 Å². The third-order valence-electron chi connectivity index (χ3n) is 5.66. The summed E-state index contributed by atoms with van der Waals surface area (Å²) in [4.78, 5) is 34.9. The highest BCUT2D eigenvalue weighted by molar-refractivity contribution is 6.32. The maximum atomic E-state index is 12.9. The molecule has 28 heavy (non-hydrogen) atoms. The summed E-state index contributed by atoms with van der Waals surface area (Å²) in [6.45, 7) is 3.19. The zero-order valence-electron chi connectivity index (χ0n) is 15.3. The number of anilines is 1. The summed E-state index contributed by atoms with van der Waals surface area (Å²) in [5.41, 5.74) is 0.659. The minimum Gasteiger partial charge on any atom is -0.339 e. The number of H-pyrrole nitrogens is 1. The van der Waals surface area contributed by atoms with E-state index in [1.165, 1.54) is 0 Å². The molecule has 1 aliphatic carbocycles. The van der Waals surface area contributed by atoms with Gasteiger partial charge in [0.15, 0.2) is 11.2 Å². The molecule has 3 heterocycles. The Hall–Kier alpha value is -2.58. The number of aromatic nitrogens is 4. The number of rotatable bonds is 3. The van der Waals surface area contributed by atoms with Gasteiger partial charge in [-0.05, 0) is 31.4 Å². The molecule has 0 bridgehead atoms. The molecule has 2 N–H and O–H groups in total. The lowest BCUT2D eigenvalue weighted by atomic mass is 9.93. The summed E-state index contributed by atoms with van der Waals surface area (Å²) in [6, 6.07) is 7.47. The fourth-order valence-electron chi connectivity index (χ4n) is 4.00. The predicted octanol–water partition coefficient (Wildman–Crippen LogP) is 1.66. The first-order valence-corrected chi connectivity index (χ1v) is 10.0. The highest BCUT2D eigenvalue weighted by Crippen LogP contribution is 2.34. The van der Waals surface area contributed by atoms with Crippen LogP contribution < -0.4 is 21.5 Å².